The molecule has 1 fully saturated rings. The standard InChI is InChI=1S/C13H16Cl3NO3S/c1-2-11-8-20-4-3-17(11)21(18,19)12-6-10(15)5-9(7-14)13(12)16/h5-6,11H,2-4,7-8H2,1H3. The SMILES string of the molecule is CCC1COCCN1S(=O)(=O)c1cc(Cl)cc(CCl)c1Cl. The monoisotopic (exact) mass is 371 g/mol. The summed E-state index contributed by atoms with van der Waals surface area (Å²) in [5, 5.41) is 0.436. The molecule has 1 heterocycles. The molecule has 21 heavy (non-hydrogen) atoms. The predicted octanol–water partition coefficient (Wildman–Crippen LogP) is 3.53. The minimum Gasteiger partial charge on any atom is -0.378 e. The summed E-state index contributed by atoms with van der Waals surface area (Å²) in [5.41, 5.74) is 0.505. The van der Waals surface area contributed by atoms with E-state index in [9.17, 15) is 8.42 Å². The maximum Gasteiger partial charge on any atom is 0.245 e. The molecule has 0 radical (unpaired) electrons. The quantitative estimate of drug-likeness (QED) is 0.760. The lowest BCUT2D eigenvalue weighted by Gasteiger charge is -2.34. The second-order valence-corrected chi connectivity index (χ2v) is 7.70. The number of nitrogens with zero attached hydrogens (tertiary/aromatic N) is 1. The Bertz CT molecular complexity index is 621. The molecule has 1 aromatic rings. The molecule has 0 N–H and O–H groups in total. The number of benzene rings is 1. The van der Waals surface area contributed by atoms with Crippen LogP contribution < -0.4 is 0 Å². The van der Waals surface area contributed by atoms with Crippen LogP contribution in [-0.2, 0) is 20.6 Å². The average Bonchev–Trinajstić information content (AvgIpc) is 2.48. The van der Waals surface area contributed by atoms with Crippen molar-refractivity contribution in [1.82, 2.24) is 4.31 Å². The minimum atomic E-state index is -3.73. The summed E-state index contributed by atoms with van der Waals surface area (Å²) in [5.74, 6) is 0.0994. The van der Waals surface area contributed by atoms with Crippen LogP contribution in [0, 0.1) is 0 Å². The number of ether oxygens (including phenoxy) is 1. The molecule has 0 aliphatic carbocycles. The van der Waals surface area contributed by atoms with Crippen molar-refractivity contribution >= 4 is 44.8 Å². The van der Waals surface area contributed by atoms with Gasteiger partial charge in [0.2, 0.25) is 10.0 Å². The van der Waals surface area contributed by atoms with Gasteiger partial charge in [-0.15, -0.1) is 11.6 Å². The fourth-order valence-electron chi connectivity index (χ4n) is 2.31. The van der Waals surface area contributed by atoms with Gasteiger partial charge in [-0.25, -0.2) is 8.42 Å². The number of morpholine rings is 1. The largest absolute Gasteiger partial charge is 0.378 e. The van der Waals surface area contributed by atoms with Gasteiger partial charge in [0.25, 0.3) is 0 Å². The molecule has 1 unspecified atom stereocenters. The van der Waals surface area contributed by atoms with Crippen LogP contribution in [-0.4, -0.2) is 38.5 Å². The highest BCUT2D eigenvalue weighted by molar-refractivity contribution is 7.89. The van der Waals surface area contributed by atoms with Gasteiger partial charge in [0.15, 0.2) is 0 Å². The van der Waals surface area contributed by atoms with Gasteiger partial charge in [0.1, 0.15) is 4.90 Å². The molecule has 0 aromatic heterocycles. The average molecular weight is 373 g/mol. The van der Waals surface area contributed by atoms with E-state index in [2.05, 4.69) is 0 Å². The Morgan fingerprint density at radius 2 is 2.10 bits per heavy atom. The van der Waals surface area contributed by atoms with Gasteiger partial charge < -0.3 is 4.74 Å². The molecule has 4 nitrogen and oxygen atoms in total. The smallest absolute Gasteiger partial charge is 0.245 e. The van der Waals surface area contributed by atoms with Gasteiger partial charge in [0.05, 0.1) is 18.2 Å². The lowest BCUT2D eigenvalue weighted by molar-refractivity contribution is 0.0314. The third-order valence-electron chi connectivity index (χ3n) is 3.45. The number of rotatable bonds is 4. The lowest BCUT2D eigenvalue weighted by Crippen LogP contribution is -2.48. The van der Waals surface area contributed by atoms with Crippen molar-refractivity contribution in [1.29, 1.82) is 0 Å². The molecule has 1 aliphatic heterocycles. The van der Waals surface area contributed by atoms with Gasteiger partial charge >= 0.3 is 0 Å². The van der Waals surface area contributed by atoms with Crippen LogP contribution in [0.15, 0.2) is 17.0 Å². The van der Waals surface area contributed by atoms with Crippen molar-refractivity contribution in [3.8, 4) is 0 Å². The predicted molar refractivity (Wildman–Crippen MR) is 84.8 cm³/mol. The molecule has 1 atom stereocenters. The summed E-state index contributed by atoms with van der Waals surface area (Å²) in [7, 11) is -3.73. The zero-order valence-corrected chi connectivity index (χ0v) is 14.6. The van der Waals surface area contributed by atoms with Crippen molar-refractivity contribution in [2.75, 3.05) is 19.8 Å². The minimum absolute atomic E-state index is 0.00710. The van der Waals surface area contributed by atoms with E-state index in [0.29, 0.717) is 36.8 Å². The third kappa shape index (κ3) is 3.49. The number of hydrogen-bond donors (Lipinski definition) is 0. The van der Waals surface area contributed by atoms with Gasteiger partial charge in [-0.1, -0.05) is 30.1 Å². The summed E-state index contributed by atoms with van der Waals surface area (Å²) in [6, 6.07) is 2.75. The fourth-order valence-corrected chi connectivity index (χ4v) is 5.16. The van der Waals surface area contributed by atoms with Crippen LogP contribution in [0.4, 0.5) is 0 Å². The van der Waals surface area contributed by atoms with Crippen molar-refractivity contribution in [2.45, 2.75) is 30.2 Å². The van der Waals surface area contributed by atoms with Crippen molar-refractivity contribution < 1.29 is 13.2 Å². The molecule has 8 heteroatoms. The Morgan fingerprint density at radius 1 is 1.38 bits per heavy atom. The van der Waals surface area contributed by atoms with E-state index in [-0.39, 0.29) is 21.8 Å². The molecule has 118 valence electrons. The Hall–Kier alpha value is -0.0400. The third-order valence-corrected chi connectivity index (χ3v) is 6.50. The maximum atomic E-state index is 12.9. The van der Waals surface area contributed by atoms with Gasteiger partial charge in [-0.2, -0.15) is 4.31 Å². The molecular formula is C13H16Cl3NO3S. The first kappa shape index (κ1) is 17.3. The van der Waals surface area contributed by atoms with E-state index >= 15 is 0 Å². The van der Waals surface area contributed by atoms with E-state index in [1.165, 1.54) is 10.4 Å². The Morgan fingerprint density at radius 3 is 2.71 bits per heavy atom. The molecule has 0 bridgehead atoms. The molecule has 1 aromatic carbocycles. The number of alkyl halides is 1. The molecule has 0 saturated carbocycles. The number of sulfonamides is 1. The zero-order chi connectivity index (χ0) is 15.6. The summed E-state index contributed by atoms with van der Waals surface area (Å²) in [4.78, 5) is 0.00710. The van der Waals surface area contributed by atoms with Crippen LogP contribution in [0.1, 0.15) is 18.9 Å². The Kier molecular flexibility index (Phi) is 5.79. The topological polar surface area (TPSA) is 46.6 Å². The van der Waals surface area contributed by atoms with E-state index < -0.39 is 10.0 Å². The zero-order valence-electron chi connectivity index (χ0n) is 11.5. The number of halogens is 3. The van der Waals surface area contributed by atoms with Gasteiger partial charge in [0, 0.05) is 23.5 Å². The highest BCUT2D eigenvalue weighted by Crippen LogP contribution is 2.33. The normalized spacial score (nSPS) is 20.7. The first-order valence-electron chi connectivity index (χ1n) is 6.55. The van der Waals surface area contributed by atoms with Crippen LogP contribution >= 0.6 is 34.8 Å². The van der Waals surface area contributed by atoms with Crippen LogP contribution in [0.3, 0.4) is 0 Å². The van der Waals surface area contributed by atoms with Crippen molar-refractivity contribution in [3.05, 3.63) is 27.7 Å². The van der Waals surface area contributed by atoms with E-state index in [1.54, 1.807) is 6.07 Å². The first-order valence-corrected chi connectivity index (χ1v) is 9.28. The highest BCUT2D eigenvalue weighted by Gasteiger charge is 2.35. The van der Waals surface area contributed by atoms with Gasteiger partial charge in [-0.3, -0.25) is 0 Å². The van der Waals surface area contributed by atoms with Crippen LogP contribution in [0.25, 0.3) is 0 Å². The lowest BCUT2D eigenvalue weighted by atomic mass is 10.2. The second-order valence-electron chi connectivity index (χ2n) is 4.76. The summed E-state index contributed by atoms with van der Waals surface area (Å²) < 4.78 is 32.5. The Labute approximate surface area is 140 Å². The highest BCUT2D eigenvalue weighted by atomic mass is 35.5. The summed E-state index contributed by atoms with van der Waals surface area (Å²) in [6.07, 6.45) is 0.666. The van der Waals surface area contributed by atoms with E-state index in [4.69, 9.17) is 39.5 Å². The molecule has 0 amide bonds. The van der Waals surface area contributed by atoms with E-state index in [0.717, 1.165) is 0 Å². The summed E-state index contributed by atoms with van der Waals surface area (Å²) >= 11 is 18.0. The second kappa shape index (κ2) is 7.02. The van der Waals surface area contributed by atoms with Crippen molar-refractivity contribution in [2.24, 2.45) is 0 Å². The molecule has 1 aliphatic rings. The van der Waals surface area contributed by atoms with Crippen molar-refractivity contribution in [3.63, 3.8) is 0 Å². The first-order chi connectivity index (χ1) is 9.91. The Balaban J connectivity index is 2.50. The molecule has 1 saturated heterocycles. The van der Waals surface area contributed by atoms with Gasteiger partial charge in [-0.05, 0) is 24.1 Å². The van der Waals surface area contributed by atoms with E-state index in [1.807, 2.05) is 6.92 Å². The molecule has 2 rings (SSSR count). The number of hydrogen-bond acceptors (Lipinski definition) is 3. The van der Waals surface area contributed by atoms with Crippen LogP contribution in [0.2, 0.25) is 10.0 Å². The molecular weight excluding hydrogens is 357 g/mol. The summed E-state index contributed by atoms with van der Waals surface area (Å²) in [6.45, 7) is 2.98. The van der Waals surface area contributed by atoms with Crippen LogP contribution in [0.5, 0.6) is 0 Å². The maximum absolute atomic E-state index is 12.9. The molecule has 0 spiro atoms. The fraction of sp³-hybridized carbons (Fsp3) is 0.538.